The molecular weight excluding hydrogens is 418 g/mol. The number of nitrogens with one attached hydrogen (secondary N) is 1. The maximum Gasteiger partial charge on any atom is 0.224 e. The van der Waals surface area contributed by atoms with Gasteiger partial charge in [-0.2, -0.15) is 0 Å². The van der Waals surface area contributed by atoms with E-state index in [-0.39, 0.29) is 11.8 Å². The maximum atomic E-state index is 12.6. The highest BCUT2D eigenvalue weighted by Gasteiger charge is 2.20. The summed E-state index contributed by atoms with van der Waals surface area (Å²) in [6.07, 6.45) is 3.46. The number of aryl methyl sites for hydroxylation is 1. The summed E-state index contributed by atoms with van der Waals surface area (Å²) >= 11 is 0. The molecule has 7 heteroatoms. The van der Waals surface area contributed by atoms with E-state index in [1.807, 2.05) is 35.2 Å². The SMILES string of the molecule is COc1ccc(CCN2CCN(C(=O)CCCOc3ccc4c(c3)CCC(=O)N4)CC2)cc1. The van der Waals surface area contributed by atoms with Gasteiger partial charge in [0.25, 0.3) is 0 Å². The molecule has 2 aliphatic heterocycles. The normalized spacial score (nSPS) is 16.2. The number of rotatable bonds is 9. The standard InChI is InChI=1S/C26H33N3O4/c1-32-22-7-4-20(5-8-22)12-13-28-14-16-29(17-15-28)26(31)3-2-18-33-23-9-10-24-21(19-23)6-11-25(30)27-24/h4-5,7-10,19H,2-3,6,11-18H2,1H3,(H,27,30). The van der Waals surface area contributed by atoms with Crippen LogP contribution < -0.4 is 14.8 Å². The van der Waals surface area contributed by atoms with Crippen LogP contribution in [0.2, 0.25) is 0 Å². The highest BCUT2D eigenvalue weighted by Crippen LogP contribution is 2.27. The van der Waals surface area contributed by atoms with Gasteiger partial charge in [0.2, 0.25) is 11.8 Å². The Bertz CT molecular complexity index is 953. The van der Waals surface area contributed by atoms with E-state index in [0.29, 0.717) is 25.9 Å². The maximum absolute atomic E-state index is 12.6. The Kier molecular flexibility index (Phi) is 7.83. The molecule has 33 heavy (non-hydrogen) atoms. The highest BCUT2D eigenvalue weighted by atomic mass is 16.5. The number of benzene rings is 2. The van der Waals surface area contributed by atoms with E-state index in [4.69, 9.17) is 9.47 Å². The van der Waals surface area contributed by atoms with Gasteiger partial charge < -0.3 is 19.7 Å². The number of ether oxygens (including phenoxy) is 2. The van der Waals surface area contributed by atoms with Crippen molar-refractivity contribution in [1.29, 1.82) is 0 Å². The van der Waals surface area contributed by atoms with E-state index in [1.54, 1.807) is 7.11 Å². The molecule has 1 fully saturated rings. The Morgan fingerprint density at radius 2 is 1.76 bits per heavy atom. The van der Waals surface area contributed by atoms with Gasteiger partial charge in [-0.3, -0.25) is 14.5 Å². The molecule has 0 aromatic heterocycles. The summed E-state index contributed by atoms with van der Waals surface area (Å²) in [7, 11) is 1.68. The van der Waals surface area contributed by atoms with Crippen LogP contribution >= 0.6 is 0 Å². The molecule has 2 aromatic rings. The Morgan fingerprint density at radius 1 is 1.00 bits per heavy atom. The number of carbonyl (C=O) groups excluding carboxylic acids is 2. The van der Waals surface area contributed by atoms with Gasteiger partial charge in [-0.1, -0.05) is 12.1 Å². The zero-order chi connectivity index (χ0) is 23.0. The molecule has 2 aliphatic rings. The number of nitrogens with zero attached hydrogens (tertiary/aromatic N) is 2. The van der Waals surface area contributed by atoms with Crippen molar-refractivity contribution in [3.8, 4) is 11.5 Å². The average molecular weight is 452 g/mol. The number of amides is 2. The van der Waals surface area contributed by atoms with Crippen LogP contribution in [0.25, 0.3) is 0 Å². The molecule has 0 saturated carbocycles. The van der Waals surface area contributed by atoms with Gasteiger partial charge in [0, 0.05) is 51.3 Å². The minimum atomic E-state index is 0.0627. The van der Waals surface area contributed by atoms with Crippen molar-refractivity contribution in [2.24, 2.45) is 0 Å². The van der Waals surface area contributed by atoms with E-state index in [2.05, 4.69) is 22.3 Å². The van der Waals surface area contributed by atoms with Crippen LogP contribution in [0.5, 0.6) is 11.5 Å². The fourth-order valence-corrected chi connectivity index (χ4v) is 4.32. The number of fused-ring (bicyclic) bond motifs is 1. The van der Waals surface area contributed by atoms with Gasteiger partial charge in [-0.05, 0) is 60.7 Å². The van der Waals surface area contributed by atoms with E-state index < -0.39 is 0 Å². The summed E-state index contributed by atoms with van der Waals surface area (Å²) in [5.74, 6) is 1.95. The fraction of sp³-hybridized carbons (Fsp3) is 0.462. The monoisotopic (exact) mass is 451 g/mol. The van der Waals surface area contributed by atoms with E-state index >= 15 is 0 Å². The summed E-state index contributed by atoms with van der Waals surface area (Å²) < 4.78 is 11.1. The van der Waals surface area contributed by atoms with Crippen LogP contribution in [-0.2, 0) is 22.4 Å². The first kappa shape index (κ1) is 23.1. The molecule has 0 atom stereocenters. The van der Waals surface area contributed by atoms with Crippen molar-refractivity contribution in [2.75, 3.05) is 51.8 Å². The minimum absolute atomic E-state index is 0.0627. The van der Waals surface area contributed by atoms with Gasteiger partial charge in [0.1, 0.15) is 11.5 Å². The zero-order valence-electron chi connectivity index (χ0n) is 19.3. The van der Waals surface area contributed by atoms with E-state index in [1.165, 1.54) is 5.56 Å². The molecule has 1 saturated heterocycles. The topological polar surface area (TPSA) is 71.1 Å². The third-order valence-corrected chi connectivity index (χ3v) is 6.38. The van der Waals surface area contributed by atoms with Gasteiger partial charge in [-0.15, -0.1) is 0 Å². The molecule has 0 aliphatic carbocycles. The lowest BCUT2D eigenvalue weighted by molar-refractivity contribution is -0.133. The Labute approximate surface area is 195 Å². The van der Waals surface area contributed by atoms with Crippen molar-refractivity contribution in [2.45, 2.75) is 32.1 Å². The number of methoxy groups -OCH3 is 1. The third-order valence-electron chi connectivity index (χ3n) is 6.38. The lowest BCUT2D eigenvalue weighted by atomic mass is 10.0. The predicted octanol–water partition coefficient (Wildman–Crippen LogP) is 3.13. The Morgan fingerprint density at radius 3 is 2.52 bits per heavy atom. The van der Waals surface area contributed by atoms with Crippen LogP contribution in [0.4, 0.5) is 5.69 Å². The van der Waals surface area contributed by atoms with Crippen LogP contribution in [0.3, 0.4) is 0 Å². The lowest BCUT2D eigenvalue weighted by Gasteiger charge is -2.34. The first-order chi connectivity index (χ1) is 16.1. The second-order valence-electron chi connectivity index (χ2n) is 8.64. The van der Waals surface area contributed by atoms with Crippen molar-refractivity contribution < 1.29 is 19.1 Å². The molecular formula is C26H33N3O4. The zero-order valence-corrected chi connectivity index (χ0v) is 19.3. The molecule has 2 aromatic carbocycles. The third kappa shape index (κ3) is 6.48. The number of hydrogen-bond donors (Lipinski definition) is 1. The molecule has 0 radical (unpaired) electrons. The number of anilines is 1. The summed E-state index contributed by atoms with van der Waals surface area (Å²) in [5.41, 5.74) is 3.28. The molecule has 1 N–H and O–H groups in total. The van der Waals surface area contributed by atoms with Crippen LogP contribution in [0, 0.1) is 0 Å². The molecule has 7 nitrogen and oxygen atoms in total. The number of piperazine rings is 1. The van der Waals surface area contributed by atoms with Crippen molar-refractivity contribution in [1.82, 2.24) is 9.80 Å². The molecule has 2 amide bonds. The smallest absolute Gasteiger partial charge is 0.224 e. The molecule has 0 bridgehead atoms. The first-order valence-corrected chi connectivity index (χ1v) is 11.8. The van der Waals surface area contributed by atoms with Crippen molar-refractivity contribution in [3.63, 3.8) is 0 Å². The fourth-order valence-electron chi connectivity index (χ4n) is 4.32. The quantitative estimate of drug-likeness (QED) is 0.593. The summed E-state index contributed by atoms with van der Waals surface area (Å²) in [4.78, 5) is 28.4. The van der Waals surface area contributed by atoms with E-state index in [9.17, 15) is 9.59 Å². The van der Waals surface area contributed by atoms with Gasteiger partial charge >= 0.3 is 0 Å². The molecule has 2 heterocycles. The molecule has 176 valence electrons. The molecule has 4 rings (SSSR count). The van der Waals surface area contributed by atoms with Crippen LogP contribution in [0.15, 0.2) is 42.5 Å². The summed E-state index contributed by atoms with van der Waals surface area (Å²) in [6.45, 7) is 4.94. The second-order valence-corrected chi connectivity index (χ2v) is 8.64. The van der Waals surface area contributed by atoms with Crippen LogP contribution in [-0.4, -0.2) is 68.1 Å². The largest absolute Gasteiger partial charge is 0.497 e. The summed E-state index contributed by atoms with van der Waals surface area (Å²) in [6, 6.07) is 14.0. The van der Waals surface area contributed by atoms with Gasteiger partial charge in [-0.25, -0.2) is 0 Å². The Balaban J connectivity index is 1.11. The first-order valence-electron chi connectivity index (χ1n) is 11.8. The lowest BCUT2D eigenvalue weighted by Crippen LogP contribution is -2.49. The van der Waals surface area contributed by atoms with E-state index in [0.717, 1.165) is 68.3 Å². The molecule has 0 spiro atoms. The number of hydrogen-bond acceptors (Lipinski definition) is 5. The van der Waals surface area contributed by atoms with Gasteiger partial charge in [0.05, 0.1) is 13.7 Å². The number of carbonyl (C=O) groups is 2. The average Bonchev–Trinajstić information content (AvgIpc) is 2.86. The Hall–Kier alpha value is -3.06. The van der Waals surface area contributed by atoms with Crippen LogP contribution in [0.1, 0.15) is 30.4 Å². The minimum Gasteiger partial charge on any atom is -0.497 e. The van der Waals surface area contributed by atoms with Crippen molar-refractivity contribution >= 4 is 17.5 Å². The molecule has 0 unspecified atom stereocenters. The van der Waals surface area contributed by atoms with Gasteiger partial charge in [0.15, 0.2) is 0 Å². The van der Waals surface area contributed by atoms with Crippen molar-refractivity contribution in [3.05, 3.63) is 53.6 Å². The summed E-state index contributed by atoms with van der Waals surface area (Å²) in [5, 5.41) is 2.88. The predicted molar refractivity (Wildman–Crippen MR) is 128 cm³/mol. The highest BCUT2D eigenvalue weighted by molar-refractivity contribution is 5.94. The second kappa shape index (κ2) is 11.2.